The Labute approximate surface area is 256 Å². The van der Waals surface area contributed by atoms with Crippen LogP contribution in [0.3, 0.4) is 0 Å². The number of aromatic nitrogens is 2. The van der Waals surface area contributed by atoms with Crippen molar-refractivity contribution in [1.82, 2.24) is 14.0 Å². The van der Waals surface area contributed by atoms with Crippen molar-refractivity contribution < 1.29 is 14.3 Å². The maximum absolute atomic E-state index is 17.0. The summed E-state index contributed by atoms with van der Waals surface area (Å²) in [5.41, 5.74) is -0.144. The van der Waals surface area contributed by atoms with Crippen molar-refractivity contribution >= 4 is 51.7 Å². The Balaban J connectivity index is 1.87. The Kier molecular flexibility index (Phi) is 8.00. The van der Waals surface area contributed by atoms with Gasteiger partial charge in [0.25, 0.3) is 0 Å². The van der Waals surface area contributed by atoms with Crippen LogP contribution in [0.4, 0.5) is 4.39 Å². The van der Waals surface area contributed by atoms with E-state index in [1.807, 2.05) is 26.0 Å². The number of likely N-dealkylation sites (tertiary alicyclic amines) is 1. The number of benzene rings is 3. The van der Waals surface area contributed by atoms with Crippen molar-refractivity contribution in [2.24, 2.45) is 5.92 Å². The summed E-state index contributed by atoms with van der Waals surface area (Å²) in [7, 11) is 0. The highest BCUT2D eigenvalue weighted by molar-refractivity contribution is 6.39. The summed E-state index contributed by atoms with van der Waals surface area (Å²) in [6, 6.07) is 9.35. The number of carbonyl (C=O) groups is 1. The first-order valence-electron chi connectivity index (χ1n) is 13.2. The molecule has 4 aromatic rings. The Morgan fingerprint density at radius 1 is 1.10 bits per heavy atom. The number of para-hydroxylation sites is 1. The number of hydrogen-bond donors (Lipinski definition) is 1. The van der Waals surface area contributed by atoms with Gasteiger partial charge in [0, 0.05) is 36.7 Å². The quantitative estimate of drug-likeness (QED) is 0.190. The van der Waals surface area contributed by atoms with E-state index in [0.717, 1.165) is 10.1 Å². The zero-order valence-electron chi connectivity index (χ0n) is 23.1. The highest BCUT2D eigenvalue weighted by atomic mass is 35.5. The standard InChI is InChI=1S/C31H27Cl3FN3O4/c1-5-25(40)36-12-17(13-36)14-37-23-11-22(34)26(19-9-24(39)21(33)10-20(19)32)27(35)29(23)38(31(42)30(37)41)28-16(4)7-6-8-18(28)15(2)3/h5-11,15,17,39H,1,12-14H2,2-4H3. The molecule has 1 amide bonds. The van der Waals surface area contributed by atoms with E-state index in [2.05, 4.69) is 6.58 Å². The van der Waals surface area contributed by atoms with E-state index in [-0.39, 0.29) is 67.3 Å². The number of rotatable bonds is 6. The van der Waals surface area contributed by atoms with Gasteiger partial charge in [0.1, 0.15) is 11.3 Å². The number of carbonyl (C=O) groups excluding carboxylic acids is 1. The van der Waals surface area contributed by atoms with Crippen LogP contribution in [-0.2, 0) is 11.3 Å². The van der Waals surface area contributed by atoms with Gasteiger partial charge in [0.15, 0.2) is 5.82 Å². The second kappa shape index (κ2) is 11.2. The maximum Gasteiger partial charge on any atom is 0.321 e. The molecule has 1 N–H and O–H groups in total. The lowest BCUT2D eigenvalue weighted by molar-refractivity contribution is -0.132. The zero-order chi connectivity index (χ0) is 30.6. The second-order valence-electron chi connectivity index (χ2n) is 10.7. The van der Waals surface area contributed by atoms with Gasteiger partial charge in [-0.05, 0) is 48.2 Å². The largest absolute Gasteiger partial charge is 0.506 e. The van der Waals surface area contributed by atoms with Gasteiger partial charge in [-0.25, -0.2) is 4.39 Å². The molecule has 1 aromatic heterocycles. The van der Waals surface area contributed by atoms with Crippen LogP contribution in [0.1, 0.15) is 30.9 Å². The molecule has 42 heavy (non-hydrogen) atoms. The van der Waals surface area contributed by atoms with Gasteiger partial charge in [0.2, 0.25) is 5.91 Å². The molecule has 0 atom stereocenters. The number of halogens is 4. The predicted octanol–water partition coefficient (Wildman–Crippen LogP) is 6.70. The number of aromatic hydroxyl groups is 1. The normalized spacial score (nSPS) is 13.6. The number of amides is 1. The lowest BCUT2D eigenvalue weighted by Gasteiger charge is -2.39. The summed E-state index contributed by atoms with van der Waals surface area (Å²) in [5, 5.41) is 10.2. The van der Waals surface area contributed by atoms with Crippen LogP contribution in [0.25, 0.3) is 27.8 Å². The number of fused-ring (bicyclic) bond motifs is 1. The maximum atomic E-state index is 17.0. The third-order valence-electron chi connectivity index (χ3n) is 7.62. The SMILES string of the molecule is C=CC(=O)N1CC(Cn2c(=O)c(=O)n(-c3c(C)cccc3C(C)C)c3c(F)c(-c4cc(O)c(Cl)cc4Cl)c(Cl)cc32)C1. The minimum Gasteiger partial charge on any atom is -0.506 e. The summed E-state index contributed by atoms with van der Waals surface area (Å²) in [6.45, 7) is 9.93. The van der Waals surface area contributed by atoms with Crippen molar-refractivity contribution in [3.05, 3.63) is 102 Å². The second-order valence-corrected chi connectivity index (χ2v) is 12.0. The molecule has 0 saturated carbocycles. The van der Waals surface area contributed by atoms with Crippen molar-refractivity contribution in [1.29, 1.82) is 0 Å². The average Bonchev–Trinajstić information content (AvgIpc) is 2.91. The Bertz CT molecular complexity index is 1910. The van der Waals surface area contributed by atoms with E-state index in [4.69, 9.17) is 34.8 Å². The molecule has 1 fully saturated rings. The third kappa shape index (κ3) is 4.91. The minimum absolute atomic E-state index is 0.0281. The Morgan fingerprint density at radius 3 is 2.43 bits per heavy atom. The smallest absolute Gasteiger partial charge is 0.321 e. The van der Waals surface area contributed by atoms with E-state index in [1.165, 1.54) is 28.8 Å². The molecule has 0 radical (unpaired) electrons. The number of phenols is 1. The topological polar surface area (TPSA) is 84.5 Å². The van der Waals surface area contributed by atoms with Crippen molar-refractivity contribution in [3.8, 4) is 22.6 Å². The molecule has 5 rings (SSSR count). The molecule has 0 unspecified atom stereocenters. The van der Waals surface area contributed by atoms with Crippen molar-refractivity contribution in [2.75, 3.05) is 13.1 Å². The predicted molar refractivity (Wildman–Crippen MR) is 165 cm³/mol. The van der Waals surface area contributed by atoms with Crippen LogP contribution in [-0.4, -0.2) is 38.1 Å². The van der Waals surface area contributed by atoms with Gasteiger partial charge in [-0.3, -0.25) is 19.0 Å². The first-order valence-corrected chi connectivity index (χ1v) is 14.4. The molecule has 0 aliphatic carbocycles. The third-order valence-corrected chi connectivity index (χ3v) is 8.54. The average molecular weight is 631 g/mol. The molecule has 3 aromatic carbocycles. The molecule has 7 nitrogen and oxygen atoms in total. The summed E-state index contributed by atoms with van der Waals surface area (Å²) in [4.78, 5) is 41.2. The first kappa shape index (κ1) is 29.9. The van der Waals surface area contributed by atoms with Crippen LogP contribution < -0.4 is 11.1 Å². The van der Waals surface area contributed by atoms with Crippen LogP contribution in [0.2, 0.25) is 15.1 Å². The zero-order valence-corrected chi connectivity index (χ0v) is 25.3. The van der Waals surface area contributed by atoms with Crippen molar-refractivity contribution in [2.45, 2.75) is 33.2 Å². The molecule has 1 aliphatic rings. The number of nitrogens with zero attached hydrogens (tertiary/aromatic N) is 3. The van der Waals surface area contributed by atoms with Gasteiger partial charge < -0.3 is 14.6 Å². The number of phenolic OH excluding ortho intramolecular Hbond substituents is 1. The van der Waals surface area contributed by atoms with E-state index in [1.54, 1.807) is 17.9 Å². The molecule has 11 heteroatoms. The summed E-state index contributed by atoms with van der Waals surface area (Å²) in [6.07, 6.45) is 1.21. The Morgan fingerprint density at radius 2 is 1.79 bits per heavy atom. The molecular formula is C31H27Cl3FN3O4. The molecule has 0 bridgehead atoms. The first-order chi connectivity index (χ1) is 19.8. The summed E-state index contributed by atoms with van der Waals surface area (Å²) >= 11 is 19.1. The van der Waals surface area contributed by atoms with E-state index in [0.29, 0.717) is 24.3 Å². The van der Waals surface area contributed by atoms with Crippen LogP contribution in [0.15, 0.2) is 58.6 Å². The molecule has 218 valence electrons. The highest BCUT2D eigenvalue weighted by Crippen LogP contribution is 2.43. The molecule has 0 spiro atoms. The van der Waals surface area contributed by atoms with Gasteiger partial charge in [-0.1, -0.05) is 73.4 Å². The Hall–Kier alpha value is -3.59. The van der Waals surface area contributed by atoms with Gasteiger partial charge >= 0.3 is 11.1 Å². The molecule has 2 heterocycles. The fourth-order valence-corrected chi connectivity index (χ4v) is 6.28. The monoisotopic (exact) mass is 629 g/mol. The van der Waals surface area contributed by atoms with Crippen LogP contribution in [0, 0.1) is 18.7 Å². The lowest BCUT2D eigenvalue weighted by atomic mass is 9.97. The van der Waals surface area contributed by atoms with Gasteiger partial charge in [-0.2, -0.15) is 0 Å². The van der Waals surface area contributed by atoms with E-state index in [9.17, 15) is 19.5 Å². The minimum atomic E-state index is -0.936. The fraction of sp³-hybridized carbons (Fsp3) is 0.258. The highest BCUT2D eigenvalue weighted by Gasteiger charge is 2.32. The summed E-state index contributed by atoms with van der Waals surface area (Å²) in [5.74, 6) is -1.69. The number of aryl methyl sites for hydroxylation is 1. The van der Waals surface area contributed by atoms with Crippen LogP contribution in [0.5, 0.6) is 5.75 Å². The molecular weight excluding hydrogens is 604 g/mol. The van der Waals surface area contributed by atoms with E-state index < -0.39 is 16.9 Å². The number of hydrogen-bond acceptors (Lipinski definition) is 4. The van der Waals surface area contributed by atoms with E-state index >= 15 is 4.39 Å². The molecule has 1 aliphatic heterocycles. The lowest BCUT2D eigenvalue weighted by Crippen LogP contribution is -2.52. The van der Waals surface area contributed by atoms with Gasteiger partial charge in [-0.15, -0.1) is 0 Å². The fourth-order valence-electron chi connectivity index (χ4n) is 5.51. The van der Waals surface area contributed by atoms with Crippen LogP contribution >= 0.6 is 34.8 Å². The summed E-state index contributed by atoms with van der Waals surface area (Å²) < 4.78 is 19.3. The molecule has 1 saturated heterocycles. The van der Waals surface area contributed by atoms with Gasteiger partial charge in [0.05, 0.1) is 26.3 Å². The van der Waals surface area contributed by atoms with Crippen molar-refractivity contribution in [3.63, 3.8) is 0 Å².